The van der Waals surface area contributed by atoms with Crippen molar-refractivity contribution in [1.29, 1.82) is 0 Å². The Bertz CT molecular complexity index is 567. The first-order valence-corrected chi connectivity index (χ1v) is 7.08. The maximum atomic E-state index is 13.2. The fourth-order valence-corrected chi connectivity index (χ4v) is 2.37. The summed E-state index contributed by atoms with van der Waals surface area (Å²) in [4.78, 5) is 0. The first-order chi connectivity index (χ1) is 9.08. The first kappa shape index (κ1) is 14.3. The number of benzene rings is 2. The predicted octanol–water partition coefficient (Wildman–Crippen LogP) is 4.94. The zero-order valence-electron chi connectivity index (χ0n) is 10.1. The second-order valence-corrected chi connectivity index (χ2v) is 5.62. The molecule has 0 saturated heterocycles. The quantitative estimate of drug-likeness (QED) is 0.737. The van der Waals surface area contributed by atoms with E-state index in [1.165, 1.54) is 12.1 Å². The molecule has 0 saturated carbocycles. The zero-order chi connectivity index (χ0) is 13.8. The molecule has 2 rings (SSSR count). The van der Waals surface area contributed by atoms with Gasteiger partial charge < -0.3 is 9.47 Å². The predicted molar refractivity (Wildman–Crippen MR) is 79.1 cm³/mol. The van der Waals surface area contributed by atoms with Crippen molar-refractivity contribution in [2.45, 2.75) is 6.61 Å². The fourth-order valence-electron chi connectivity index (χ4n) is 1.56. The minimum Gasteiger partial charge on any atom is -0.497 e. The average Bonchev–Trinajstić information content (AvgIpc) is 2.37. The van der Waals surface area contributed by atoms with Crippen molar-refractivity contribution in [3.05, 3.63) is 56.7 Å². The lowest BCUT2D eigenvalue weighted by Gasteiger charge is -2.10. The number of ether oxygens (including phenoxy) is 2. The van der Waals surface area contributed by atoms with Crippen molar-refractivity contribution < 1.29 is 13.9 Å². The summed E-state index contributed by atoms with van der Waals surface area (Å²) in [6, 6.07) is 10.1. The fraction of sp³-hybridized carbons (Fsp3) is 0.143. The van der Waals surface area contributed by atoms with Crippen molar-refractivity contribution >= 4 is 31.9 Å². The van der Waals surface area contributed by atoms with E-state index in [1.807, 2.05) is 18.2 Å². The molecule has 0 aliphatic heterocycles. The molecule has 0 aromatic heterocycles. The topological polar surface area (TPSA) is 18.5 Å². The Morgan fingerprint density at radius 3 is 2.53 bits per heavy atom. The third-order valence-electron chi connectivity index (χ3n) is 2.48. The normalized spacial score (nSPS) is 10.3. The van der Waals surface area contributed by atoms with Gasteiger partial charge in [-0.3, -0.25) is 0 Å². The van der Waals surface area contributed by atoms with Crippen molar-refractivity contribution in [3.8, 4) is 11.5 Å². The zero-order valence-corrected chi connectivity index (χ0v) is 13.3. The molecule has 0 atom stereocenters. The van der Waals surface area contributed by atoms with Gasteiger partial charge in [-0.2, -0.15) is 0 Å². The molecular weight excluding hydrogens is 379 g/mol. The number of halogens is 3. The van der Waals surface area contributed by atoms with Gasteiger partial charge in [0.15, 0.2) is 0 Å². The Morgan fingerprint density at radius 1 is 1.05 bits per heavy atom. The highest BCUT2D eigenvalue weighted by Crippen LogP contribution is 2.25. The molecule has 0 heterocycles. The molecule has 2 nitrogen and oxygen atoms in total. The molecule has 19 heavy (non-hydrogen) atoms. The summed E-state index contributed by atoms with van der Waals surface area (Å²) >= 11 is 6.67. The van der Waals surface area contributed by atoms with Crippen LogP contribution in [0.3, 0.4) is 0 Å². The third-order valence-corrected chi connectivity index (χ3v) is 3.71. The Kier molecular flexibility index (Phi) is 4.82. The minimum atomic E-state index is -0.339. The van der Waals surface area contributed by atoms with Crippen LogP contribution < -0.4 is 9.47 Å². The summed E-state index contributed by atoms with van der Waals surface area (Å²) in [5.74, 6) is 0.887. The smallest absolute Gasteiger partial charge is 0.128 e. The average molecular weight is 390 g/mol. The van der Waals surface area contributed by atoms with E-state index in [1.54, 1.807) is 13.2 Å². The third kappa shape index (κ3) is 3.94. The van der Waals surface area contributed by atoms with Crippen LogP contribution in [0.2, 0.25) is 0 Å². The van der Waals surface area contributed by atoms with Crippen LogP contribution in [-0.4, -0.2) is 7.11 Å². The SMILES string of the molecule is COc1ccc(Br)c(COc2cc(F)cc(Br)c2)c1. The Balaban J connectivity index is 2.13. The van der Waals surface area contributed by atoms with Crippen LogP contribution in [-0.2, 0) is 6.61 Å². The van der Waals surface area contributed by atoms with E-state index in [9.17, 15) is 4.39 Å². The van der Waals surface area contributed by atoms with E-state index < -0.39 is 0 Å². The van der Waals surface area contributed by atoms with Crippen molar-refractivity contribution in [2.75, 3.05) is 7.11 Å². The van der Waals surface area contributed by atoms with Gasteiger partial charge >= 0.3 is 0 Å². The largest absolute Gasteiger partial charge is 0.497 e. The van der Waals surface area contributed by atoms with Crippen LogP contribution in [0.5, 0.6) is 11.5 Å². The minimum absolute atomic E-state index is 0.327. The highest BCUT2D eigenvalue weighted by Gasteiger charge is 2.05. The molecule has 2 aromatic carbocycles. The lowest BCUT2D eigenvalue weighted by Crippen LogP contribution is -1.98. The van der Waals surface area contributed by atoms with Gasteiger partial charge in [-0.15, -0.1) is 0 Å². The van der Waals surface area contributed by atoms with Gasteiger partial charge in [0.25, 0.3) is 0 Å². The number of hydrogen-bond acceptors (Lipinski definition) is 2. The molecule has 0 amide bonds. The maximum Gasteiger partial charge on any atom is 0.128 e. The first-order valence-electron chi connectivity index (χ1n) is 5.50. The summed E-state index contributed by atoms with van der Waals surface area (Å²) in [7, 11) is 1.61. The summed E-state index contributed by atoms with van der Waals surface area (Å²) in [5.41, 5.74) is 0.930. The standard InChI is InChI=1S/C14H11Br2FO2/c1-18-12-2-3-14(16)9(4-12)8-19-13-6-10(15)5-11(17)7-13/h2-7H,8H2,1H3. The number of hydrogen-bond donors (Lipinski definition) is 0. The van der Waals surface area contributed by atoms with Gasteiger partial charge in [0.05, 0.1) is 7.11 Å². The highest BCUT2D eigenvalue weighted by atomic mass is 79.9. The summed E-state index contributed by atoms with van der Waals surface area (Å²) in [6.45, 7) is 0.327. The summed E-state index contributed by atoms with van der Waals surface area (Å²) < 4.78 is 25.5. The van der Waals surface area contributed by atoms with E-state index in [-0.39, 0.29) is 5.82 Å². The molecule has 0 bridgehead atoms. The van der Waals surface area contributed by atoms with Crippen LogP contribution in [0.25, 0.3) is 0 Å². The Hall–Kier alpha value is -1.07. The van der Waals surface area contributed by atoms with Gasteiger partial charge in [0.2, 0.25) is 0 Å². The van der Waals surface area contributed by atoms with E-state index in [0.717, 1.165) is 15.8 Å². The van der Waals surface area contributed by atoms with Crippen LogP contribution in [0, 0.1) is 5.82 Å². The van der Waals surface area contributed by atoms with Gasteiger partial charge in [-0.25, -0.2) is 4.39 Å². The van der Waals surface area contributed by atoms with Crippen LogP contribution >= 0.6 is 31.9 Å². The second-order valence-electron chi connectivity index (χ2n) is 3.85. The van der Waals surface area contributed by atoms with E-state index >= 15 is 0 Å². The van der Waals surface area contributed by atoms with E-state index in [2.05, 4.69) is 31.9 Å². The molecule has 2 aromatic rings. The van der Waals surface area contributed by atoms with Gasteiger partial charge in [0.1, 0.15) is 23.9 Å². The monoisotopic (exact) mass is 388 g/mol. The van der Waals surface area contributed by atoms with Crippen molar-refractivity contribution in [1.82, 2.24) is 0 Å². The van der Waals surface area contributed by atoms with Crippen molar-refractivity contribution in [2.24, 2.45) is 0 Å². The molecule has 0 spiro atoms. The molecule has 0 aliphatic rings. The lowest BCUT2D eigenvalue weighted by molar-refractivity contribution is 0.302. The molecule has 0 N–H and O–H groups in total. The highest BCUT2D eigenvalue weighted by molar-refractivity contribution is 9.10. The second kappa shape index (κ2) is 6.39. The van der Waals surface area contributed by atoms with E-state index in [4.69, 9.17) is 9.47 Å². The number of rotatable bonds is 4. The lowest BCUT2D eigenvalue weighted by atomic mass is 10.2. The molecule has 5 heteroatoms. The number of methoxy groups -OCH3 is 1. The molecule has 100 valence electrons. The van der Waals surface area contributed by atoms with Gasteiger partial charge in [-0.1, -0.05) is 31.9 Å². The van der Waals surface area contributed by atoms with Gasteiger partial charge in [0, 0.05) is 20.6 Å². The molecule has 0 fully saturated rings. The molecule has 0 unspecified atom stereocenters. The Morgan fingerprint density at radius 2 is 1.84 bits per heavy atom. The van der Waals surface area contributed by atoms with Crippen molar-refractivity contribution in [3.63, 3.8) is 0 Å². The van der Waals surface area contributed by atoms with Crippen LogP contribution in [0.4, 0.5) is 4.39 Å². The van der Waals surface area contributed by atoms with E-state index in [0.29, 0.717) is 16.8 Å². The van der Waals surface area contributed by atoms with Crippen LogP contribution in [0.1, 0.15) is 5.56 Å². The maximum absolute atomic E-state index is 13.2. The summed E-state index contributed by atoms with van der Waals surface area (Å²) in [6.07, 6.45) is 0. The molecule has 0 radical (unpaired) electrons. The summed E-state index contributed by atoms with van der Waals surface area (Å²) in [5, 5.41) is 0. The Labute approximate surface area is 127 Å². The van der Waals surface area contributed by atoms with Crippen LogP contribution in [0.15, 0.2) is 45.3 Å². The molecular formula is C14H11Br2FO2. The van der Waals surface area contributed by atoms with Gasteiger partial charge in [-0.05, 0) is 30.3 Å². The molecule has 0 aliphatic carbocycles.